The lowest BCUT2D eigenvalue weighted by atomic mass is 10.1. The van der Waals surface area contributed by atoms with Crippen molar-refractivity contribution in [2.75, 3.05) is 5.73 Å². The Kier molecular flexibility index (Phi) is 2.30. The molecular weight excluding hydrogens is 230 g/mol. The highest BCUT2D eigenvalue weighted by Gasteiger charge is 2.27. The van der Waals surface area contributed by atoms with E-state index in [0.717, 1.165) is 11.7 Å². The van der Waals surface area contributed by atoms with Crippen molar-refractivity contribution in [3.05, 3.63) is 22.3 Å². The fourth-order valence-electron chi connectivity index (χ4n) is 2.58. The summed E-state index contributed by atoms with van der Waals surface area (Å²) in [5.41, 5.74) is 10.8. The number of nitrogen functional groups attached to an aromatic ring is 1. The SMILES string of the molecule is Cc1sc(N)nc1-c1cc(C)n(C2CC2)c1C. The summed E-state index contributed by atoms with van der Waals surface area (Å²) in [6, 6.07) is 2.97. The van der Waals surface area contributed by atoms with Gasteiger partial charge in [0.25, 0.3) is 0 Å². The number of aromatic nitrogens is 2. The third kappa shape index (κ3) is 1.67. The van der Waals surface area contributed by atoms with E-state index in [4.69, 9.17) is 5.73 Å². The van der Waals surface area contributed by atoms with Crippen LogP contribution in [0.2, 0.25) is 0 Å². The van der Waals surface area contributed by atoms with Crippen molar-refractivity contribution >= 4 is 16.5 Å². The fraction of sp³-hybridized carbons (Fsp3) is 0.462. The van der Waals surface area contributed by atoms with Crippen LogP contribution in [0.4, 0.5) is 5.13 Å². The standard InChI is InChI=1S/C13H17N3S/c1-7-6-11(8(2)16(7)10-4-5-10)12-9(3)17-13(14)15-12/h6,10H,4-5H2,1-3H3,(H2,14,15). The van der Waals surface area contributed by atoms with Crippen LogP contribution in [0.1, 0.15) is 35.1 Å². The second-order valence-corrected chi connectivity index (χ2v) is 6.08. The minimum atomic E-state index is 0.661. The van der Waals surface area contributed by atoms with Crippen molar-refractivity contribution in [3.8, 4) is 11.3 Å². The van der Waals surface area contributed by atoms with Gasteiger partial charge in [0.2, 0.25) is 0 Å². The number of hydrogen-bond acceptors (Lipinski definition) is 3. The molecule has 0 bridgehead atoms. The van der Waals surface area contributed by atoms with E-state index < -0.39 is 0 Å². The van der Waals surface area contributed by atoms with Crippen LogP contribution < -0.4 is 5.73 Å². The van der Waals surface area contributed by atoms with Gasteiger partial charge in [0.05, 0.1) is 5.69 Å². The largest absolute Gasteiger partial charge is 0.375 e. The number of rotatable bonds is 2. The van der Waals surface area contributed by atoms with Gasteiger partial charge in [-0.05, 0) is 39.7 Å². The van der Waals surface area contributed by atoms with E-state index in [1.807, 2.05) is 0 Å². The molecule has 0 atom stereocenters. The molecule has 1 saturated carbocycles. The predicted molar refractivity (Wildman–Crippen MR) is 72.4 cm³/mol. The Morgan fingerprint density at radius 1 is 1.35 bits per heavy atom. The Hall–Kier alpha value is -1.29. The van der Waals surface area contributed by atoms with E-state index >= 15 is 0 Å². The third-order valence-electron chi connectivity index (χ3n) is 3.46. The van der Waals surface area contributed by atoms with E-state index in [1.54, 1.807) is 11.3 Å². The highest BCUT2D eigenvalue weighted by molar-refractivity contribution is 7.15. The van der Waals surface area contributed by atoms with Crippen LogP contribution in [0.3, 0.4) is 0 Å². The van der Waals surface area contributed by atoms with Crippen molar-refractivity contribution < 1.29 is 0 Å². The maximum absolute atomic E-state index is 5.78. The maximum Gasteiger partial charge on any atom is 0.180 e. The zero-order valence-electron chi connectivity index (χ0n) is 10.4. The molecule has 0 spiro atoms. The van der Waals surface area contributed by atoms with Crippen LogP contribution in [-0.2, 0) is 0 Å². The predicted octanol–water partition coefficient (Wildman–Crippen LogP) is 3.45. The summed E-state index contributed by atoms with van der Waals surface area (Å²) in [5, 5.41) is 0.661. The molecule has 0 aliphatic heterocycles. The van der Waals surface area contributed by atoms with Gasteiger partial charge in [-0.25, -0.2) is 4.98 Å². The average molecular weight is 247 g/mol. The first-order valence-corrected chi connectivity index (χ1v) is 6.81. The first-order valence-electron chi connectivity index (χ1n) is 5.99. The molecule has 0 saturated heterocycles. The molecule has 3 nitrogen and oxygen atoms in total. The molecule has 4 heteroatoms. The molecule has 90 valence electrons. The molecule has 2 heterocycles. The van der Waals surface area contributed by atoms with Gasteiger partial charge in [-0.3, -0.25) is 0 Å². The second-order valence-electron chi connectivity index (χ2n) is 4.84. The molecule has 0 amide bonds. The zero-order valence-corrected chi connectivity index (χ0v) is 11.3. The molecule has 0 aromatic carbocycles. The Balaban J connectivity index is 2.15. The van der Waals surface area contributed by atoms with Crippen molar-refractivity contribution in [2.24, 2.45) is 0 Å². The quantitative estimate of drug-likeness (QED) is 0.883. The van der Waals surface area contributed by atoms with Crippen LogP contribution in [-0.4, -0.2) is 9.55 Å². The molecule has 2 aromatic heterocycles. The summed E-state index contributed by atoms with van der Waals surface area (Å²) in [5.74, 6) is 0. The normalized spacial score (nSPS) is 15.5. The van der Waals surface area contributed by atoms with E-state index in [-0.39, 0.29) is 0 Å². The lowest BCUT2D eigenvalue weighted by Crippen LogP contribution is -1.98. The minimum Gasteiger partial charge on any atom is -0.375 e. The average Bonchev–Trinajstić information content (AvgIpc) is 2.96. The minimum absolute atomic E-state index is 0.661. The fourth-order valence-corrected chi connectivity index (χ4v) is 3.28. The zero-order chi connectivity index (χ0) is 12.2. The van der Waals surface area contributed by atoms with Crippen molar-refractivity contribution in [1.82, 2.24) is 9.55 Å². The first kappa shape index (κ1) is 10.8. The molecule has 0 radical (unpaired) electrons. The van der Waals surface area contributed by atoms with E-state index in [0.29, 0.717) is 5.13 Å². The summed E-state index contributed by atoms with van der Waals surface area (Å²) in [4.78, 5) is 5.67. The van der Waals surface area contributed by atoms with Crippen LogP contribution in [0.25, 0.3) is 11.3 Å². The summed E-state index contributed by atoms with van der Waals surface area (Å²) in [7, 11) is 0. The van der Waals surface area contributed by atoms with Gasteiger partial charge in [0.15, 0.2) is 5.13 Å². The highest BCUT2D eigenvalue weighted by Crippen LogP contribution is 2.41. The Bertz CT molecular complexity index is 576. The van der Waals surface area contributed by atoms with Crippen LogP contribution >= 0.6 is 11.3 Å². The molecule has 1 aliphatic carbocycles. The number of anilines is 1. The topological polar surface area (TPSA) is 43.8 Å². The summed E-state index contributed by atoms with van der Waals surface area (Å²) >= 11 is 1.57. The molecule has 2 N–H and O–H groups in total. The molecule has 17 heavy (non-hydrogen) atoms. The Morgan fingerprint density at radius 3 is 2.59 bits per heavy atom. The molecule has 0 unspecified atom stereocenters. The van der Waals surface area contributed by atoms with Crippen LogP contribution in [0, 0.1) is 20.8 Å². The molecule has 1 aliphatic rings. The first-order chi connectivity index (χ1) is 8.08. The maximum atomic E-state index is 5.78. The molecular formula is C13H17N3S. The molecule has 1 fully saturated rings. The van der Waals surface area contributed by atoms with Crippen molar-refractivity contribution in [2.45, 2.75) is 39.7 Å². The summed E-state index contributed by atoms with van der Waals surface area (Å²) in [6.45, 7) is 6.46. The van der Waals surface area contributed by atoms with Crippen molar-refractivity contribution in [3.63, 3.8) is 0 Å². The Labute approximate surface area is 105 Å². The van der Waals surface area contributed by atoms with Gasteiger partial charge < -0.3 is 10.3 Å². The number of thiazole rings is 1. The third-order valence-corrected chi connectivity index (χ3v) is 4.26. The van der Waals surface area contributed by atoms with Crippen molar-refractivity contribution in [1.29, 1.82) is 0 Å². The molecule has 2 aromatic rings. The smallest absolute Gasteiger partial charge is 0.180 e. The lowest BCUT2D eigenvalue weighted by Gasteiger charge is -2.07. The summed E-state index contributed by atoms with van der Waals surface area (Å²) in [6.07, 6.45) is 2.63. The van der Waals surface area contributed by atoms with Gasteiger partial charge in [-0.15, -0.1) is 11.3 Å². The number of aryl methyl sites for hydroxylation is 2. The van der Waals surface area contributed by atoms with E-state index in [1.165, 1.54) is 34.7 Å². The molecule has 3 rings (SSSR count). The van der Waals surface area contributed by atoms with E-state index in [9.17, 15) is 0 Å². The highest BCUT2D eigenvalue weighted by atomic mass is 32.1. The number of hydrogen-bond donors (Lipinski definition) is 1. The lowest BCUT2D eigenvalue weighted by molar-refractivity contribution is 0.700. The second kappa shape index (κ2) is 3.60. The van der Waals surface area contributed by atoms with Crippen LogP contribution in [0.5, 0.6) is 0 Å². The number of nitrogens with two attached hydrogens (primary N) is 1. The van der Waals surface area contributed by atoms with Crippen LogP contribution in [0.15, 0.2) is 6.07 Å². The van der Waals surface area contributed by atoms with Gasteiger partial charge in [0.1, 0.15) is 0 Å². The van der Waals surface area contributed by atoms with Gasteiger partial charge in [-0.1, -0.05) is 0 Å². The number of nitrogens with zero attached hydrogens (tertiary/aromatic N) is 2. The van der Waals surface area contributed by atoms with Gasteiger partial charge in [0, 0.05) is 27.9 Å². The monoisotopic (exact) mass is 247 g/mol. The van der Waals surface area contributed by atoms with Gasteiger partial charge in [-0.2, -0.15) is 0 Å². The summed E-state index contributed by atoms with van der Waals surface area (Å²) < 4.78 is 2.45. The van der Waals surface area contributed by atoms with Gasteiger partial charge >= 0.3 is 0 Å². The Morgan fingerprint density at radius 2 is 2.06 bits per heavy atom. The van der Waals surface area contributed by atoms with E-state index in [2.05, 4.69) is 36.4 Å².